The van der Waals surface area contributed by atoms with Crippen molar-refractivity contribution in [1.82, 2.24) is 30.8 Å². The number of hydrogen-bond donors (Lipinski definition) is 2. The lowest BCUT2D eigenvalue weighted by Crippen LogP contribution is -2.52. The number of piperidine rings is 1. The monoisotopic (exact) mass is 292 g/mol. The fourth-order valence-electron chi connectivity index (χ4n) is 2.56. The lowest BCUT2D eigenvalue weighted by molar-refractivity contribution is -0.144. The molecule has 3 rings (SSSR count). The normalized spacial score (nSPS) is 25.5. The smallest absolute Gasteiger partial charge is 0.235 e. The number of tetrazole rings is 1. The lowest BCUT2D eigenvalue weighted by atomic mass is 9.81. The summed E-state index contributed by atoms with van der Waals surface area (Å²) in [7, 11) is 0. The number of nitrogens with one attached hydrogen (secondary N) is 2. The highest BCUT2D eigenvalue weighted by Crippen LogP contribution is 2.30. The summed E-state index contributed by atoms with van der Waals surface area (Å²) in [6.07, 6.45) is 3.81. The van der Waals surface area contributed by atoms with Gasteiger partial charge in [0.05, 0.1) is 6.54 Å². The van der Waals surface area contributed by atoms with Crippen molar-refractivity contribution in [3.8, 4) is 0 Å². The SMILES string of the molecule is C[C@@]1(C(=O)NCc2nnnn2CC2CC2)CCCNC1=O. The van der Waals surface area contributed by atoms with Gasteiger partial charge in [-0.2, -0.15) is 0 Å². The van der Waals surface area contributed by atoms with Gasteiger partial charge in [0.15, 0.2) is 5.82 Å². The molecule has 8 heteroatoms. The second-order valence-corrected chi connectivity index (χ2v) is 6.09. The van der Waals surface area contributed by atoms with E-state index in [1.807, 2.05) is 0 Å². The molecule has 1 aliphatic carbocycles. The molecule has 1 aromatic rings. The first kappa shape index (κ1) is 14.0. The zero-order chi connectivity index (χ0) is 14.9. The van der Waals surface area contributed by atoms with Crippen molar-refractivity contribution in [3.05, 3.63) is 5.82 Å². The van der Waals surface area contributed by atoms with Gasteiger partial charge in [0.2, 0.25) is 11.8 Å². The van der Waals surface area contributed by atoms with Crippen LogP contribution in [0.15, 0.2) is 0 Å². The topological polar surface area (TPSA) is 102 Å². The van der Waals surface area contributed by atoms with Gasteiger partial charge in [0.25, 0.3) is 0 Å². The first-order chi connectivity index (χ1) is 10.1. The molecule has 0 spiro atoms. The van der Waals surface area contributed by atoms with Crippen molar-refractivity contribution >= 4 is 11.8 Å². The van der Waals surface area contributed by atoms with E-state index in [1.54, 1.807) is 11.6 Å². The van der Waals surface area contributed by atoms with Gasteiger partial charge in [0.1, 0.15) is 5.41 Å². The highest BCUT2D eigenvalue weighted by molar-refractivity contribution is 6.04. The Balaban J connectivity index is 1.60. The molecule has 1 aromatic heterocycles. The molecule has 0 bridgehead atoms. The number of aromatic nitrogens is 4. The van der Waals surface area contributed by atoms with Gasteiger partial charge < -0.3 is 10.6 Å². The first-order valence-corrected chi connectivity index (χ1v) is 7.41. The van der Waals surface area contributed by atoms with Crippen LogP contribution >= 0.6 is 0 Å². The van der Waals surface area contributed by atoms with Crippen molar-refractivity contribution in [2.45, 2.75) is 45.7 Å². The molecule has 21 heavy (non-hydrogen) atoms. The molecule has 0 unspecified atom stereocenters. The quantitative estimate of drug-likeness (QED) is 0.720. The van der Waals surface area contributed by atoms with Crippen LogP contribution in [0, 0.1) is 11.3 Å². The molecular formula is C13H20N6O2. The molecule has 1 saturated carbocycles. The molecule has 1 saturated heterocycles. The second kappa shape index (κ2) is 5.42. The van der Waals surface area contributed by atoms with Crippen molar-refractivity contribution in [2.75, 3.05) is 6.54 Å². The Bertz CT molecular complexity index is 553. The molecule has 2 heterocycles. The number of nitrogens with zero attached hydrogens (tertiary/aromatic N) is 4. The molecular weight excluding hydrogens is 272 g/mol. The zero-order valence-electron chi connectivity index (χ0n) is 12.1. The van der Waals surface area contributed by atoms with E-state index >= 15 is 0 Å². The summed E-state index contributed by atoms with van der Waals surface area (Å²) in [5.74, 6) is 0.823. The van der Waals surface area contributed by atoms with Crippen LogP contribution in [-0.2, 0) is 22.7 Å². The van der Waals surface area contributed by atoms with Crippen molar-refractivity contribution in [2.24, 2.45) is 11.3 Å². The Kier molecular flexibility index (Phi) is 3.60. The summed E-state index contributed by atoms with van der Waals surface area (Å²) in [6, 6.07) is 0. The van der Waals surface area contributed by atoms with Gasteiger partial charge in [-0.05, 0) is 49.0 Å². The summed E-state index contributed by atoms with van der Waals surface area (Å²) in [5.41, 5.74) is -0.993. The van der Waals surface area contributed by atoms with E-state index < -0.39 is 5.41 Å². The third-order valence-electron chi connectivity index (χ3n) is 4.28. The van der Waals surface area contributed by atoms with E-state index in [0.29, 0.717) is 24.7 Å². The van der Waals surface area contributed by atoms with E-state index in [1.165, 1.54) is 12.8 Å². The second-order valence-electron chi connectivity index (χ2n) is 6.09. The maximum Gasteiger partial charge on any atom is 0.235 e. The van der Waals surface area contributed by atoms with Crippen LogP contribution in [0.25, 0.3) is 0 Å². The van der Waals surface area contributed by atoms with E-state index in [-0.39, 0.29) is 18.4 Å². The molecule has 2 fully saturated rings. The van der Waals surface area contributed by atoms with Gasteiger partial charge in [0, 0.05) is 13.1 Å². The molecule has 0 aromatic carbocycles. The Hall–Kier alpha value is -1.99. The summed E-state index contributed by atoms with van der Waals surface area (Å²) in [4.78, 5) is 24.2. The third kappa shape index (κ3) is 2.88. The molecule has 1 atom stereocenters. The Labute approximate surface area is 122 Å². The fourth-order valence-corrected chi connectivity index (χ4v) is 2.56. The summed E-state index contributed by atoms with van der Waals surface area (Å²) >= 11 is 0. The summed E-state index contributed by atoms with van der Waals surface area (Å²) in [6.45, 7) is 3.38. The first-order valence-electron chi connectivity index (χ1n) is 7.41. The van der Waals surface area contributed by atoms with Crippen LogP contribution in [0.1, 0.15) is 38.4 Å². The fraction of sp³-hybridized carbons (Fsp3) is 0.769. The van der Waals surface area contributed by atoms with Crippen LogP contribution in [0.5, 0.6) is 0 Å². The van der Waals surface area contributed by atoms with Crippen molar-refractivity contribution < 1.29 is 9.59 Å². The highest BCUT2D eigenvalue weighted by Gasteiger charge is 2.42. The molecule has 0 radical (unpaired) electrons. The standard InChI is InChI=1S/C13H20N6O2/c1-13(5-2-6-14-11(13)20)12(21)15-7-10-16-17-18-19(10)8-9-3-4-9/h9H,2-8H2,1H3,(H,14,20)(H,15,21)/t13-/m1/s1. The largest absolute Gasteiger partial charge is 0.355 e. The predicted molar refractivity (Wildman–Crippen MR) is 72.7 cm³/mol. The number of rotatable bonds is 5. The van der Waals surface area contributed by atoms with Gasteiger partial charge in [-0.25, -0.2) is 4.68 Å². The predicted octanol–water partition coefficient (Wildman–Crippen LogP) is -0.384. The maximum absolute atomic E-state index is 12.3. The van der Waals surface area contributed by atoms with Gasteiger partial charge in [-0.1, -0.05) is 0 Å². The van der Waals surface area contributed by atoms with E-state index in [4.69, 9.17) is 0 Å². The van der Waals surface area contributed by atoms with E-state index in [2.05, 4.69) is 26.2 Å². The van der Waals surface area contributed by atoms with Gasteiger partial charge in [-0.3, -0.25) is 9.59 Å². The Morgan fingerprint density at radius 3 is 3.05 bits per heavy atom. The Morgan fingerprint density at radius 1 is 1.52 bits per heavy atom. The highest BCUT2D eigenvalue weighted by atomic mass is 16.2. The average molecular weight is 292 g/mol. The third-order valence-corrected chi connectivity index (χ3v) is 4.28. The minimum absolute atomic E-state index is 0.205. The molecule has 114 valence electrons. The summed E-state index contributed by atoms with van der Waals surface area (Å²) < 4.78 is 1.74. The molecule has 2 N–H and O–H groups in total. The van der Waals surface area contributed by atoms with E-state index in [9.17, 15) is 9.59 Å². The molecule has 2 amide bonds. The number of hydrogen-bond acceptors (Lipinski definition) is 5. The molecule has 2 aliphatic rings. The maximum atomic E-state index is 12.3. The Morgan fingerprint density at radius 2 is 2.33 bits per heavy atom. The van der Waals surface area contributed by atoms with Crippen LogP contribution < -0.4 is 10.6 Å². The number of amides is 2. The van der Waals surface area contributed by atoms with Crippen LogP contribution in [0.3, 0.4) is 0 Å². The zero-order valence-corrected chi connectivity index (χ0v) is 12.1. The van der Waals surface area contributed by atoms with E-state index in [0.717, 1.165) is 13.0 Å². The molecule has 1 aliphatic heterocycles. The number of carbonyl (C=O) groups excluding carboxylic acids is 2. The van der Waals surface area contributed by atoms with Crippen molar-refractivity contribution in [3.63, 3.8) is 0 Å². The van der Waals surface area contributed by atoms with Gasteiger partial charge in [-0.15, -0.1) is 5.10 Å². The average Bonchev–Trinajstić information content (AvgIpc) is 3.17. The van der Waals surface area contributed by atoms with Crippen LogP contribution in [0.4, 0.5) is 0 Å². The molecule has 8 nitrogen and oxygen atoms in total. The minimum atomic E-state index is -0.993. The lowest BCUT2D eigenvalue weighted by Gasteiger charge is -2.30. The number of carbonyl (C=O) groups is 2. The summed E-state index contributed by atoms with van der Waals surface area (Å²) in [5, 5.41) is 17.1. The van der Waals surface area contributed by atoms with Gasteiger partial charge >= 0.3 is 0 Å². The van der Waals surface area contributed by atoms with Crippen LogP contribution in [0.2, 0.25) is 0 Å². The minimum Gasteiger partial charge on any atom is -0.355 e. The van der Waals surface area contributed by atoms with Crippen LogP contribution in [-0.4, -0.2) is 38.6 Å². The van der Waals surface area contributed by atoms with Crippen molar-refractivity contribution in [1.29, 1.82) is 0 Å².